The summed E-state index contributed by atoms with van der Waals surface area (Å²) in [6.45, 7) is 7.98. The number of amides is 1. The van der Waals surface area contributed by atoms with Crippen LogP contribution in [0.15, 0.2) is 65.6 Å². The van der Waals surface area contributed by atoms with Crippen molar-refractivity contribution in [3.8, 4) is 0 Å². The Morgan fingerprint density at radius 2 is 1.61 bits per heavy atom. The zero-order valence-electron chi connectivity index (χ0n) is 19.3. The topological polar surface area (TPSA) is 50.0 Å². The second kappa shape index (κ2) is 8.77. The molecule has 3 heterocycles. The summed E-state index contributed by atoms with van der Waals surface area (Å²) < 4.78 is 3.76. The molecule has 4 aromatic rings. The summed E-state index contributed by atoms with van der Waals surface area (Å²) in [5.41, 5.74) is 6.38. The molecule has 0 radical (unpaired) electrons. The number of rotatable bonds is 5. The van der Waals surface area contributed by atoms with Gasteiger partial charge >= 0.3 is 0 Å². The fourth-order valence-corrected chi connectivity index (χ4v) is 4.93. The highest BCUT2D eigenvalue weighted by molar-refractivity contribution is 5.79. The molecule has 6 heteroatoms. The van der Waals surface area contributed by atoms with E-state index >= 15 is 0 Å². The Morgan fingerprint density at radius 3 is 2.39 bits per heavy atom. The molecule has 1 saturated heterocycles. The standard InChI is InChI=1S/C27H30N4O2/c1-20-11-12-21(2)25(19-20)28-15-17-29(18-16-28)26(32)10-6-14-31-23-8-4-3-7-22(23)30-13-5-9-24(30)27(31)33/h3-5,7-9,11-13,19H,6,10,14-18H2,1-2H3. The SMILES string of the molecule is Cc1ccc(C)c(N2CCN(C(=O)CCCn3c(=O)c4cccn4c4ccccc43)CC2)c1. The highest BCUT2D eigenvalue weighted by atomic mass is 16.2. The molecule has 0 atom stereocenters. The Labute approximate surface area is 193 Å². The lowest BCUT2D eigenvalue weighted by Gasteiger charge is -2.37. The fourth-order valence-electron chi connectivity index (χ4n) is 4.93. The number of aromatic nitrogens is 2. The van der Waals surface area contributed by atoms with Crippen molar-refractivity contribution in [3.63, 3.8) is 0 Å². The summed E-state index contributed by atoms with van der Waals surface area (Å²) in [5, 5.41) is 0. The van der Waals surface area contributed by atoms with Gasteiger partial charge in [0.15, 0.2) is 0 Å². The number of hydrogen-bond donors (Lipinski definition) is 0. The molecule has 1 aliphatic heterocycles. The van der Waals surface area contributed by atoms with Crippen LogP contribution in [0.5, 0.6) is 0 Å². The molecule has 0 bridgehead atoms. The second-order valence-electron chi connectivity index (χ2n) is 8.97. The monoisotopic (exact) mass is 442 g/mol. The van der Waals surface area contributed by atoms with E-state index in [-0.39, 0.29) is 11.5 Å². The van der Waals surface area contributed by atoms with Gasteiger partial charge in [-0.15, -0.1) is 0 Å². The van der Waals surface area contributed by atoms with Crippen LogP contribution >= 0.6 is 0 Å². The van der Waals surface area contributed by atoms with E-state index in [4.69, 9.17) is 0 Å². The van der Waals surface area contributed by atoms with Crippen molar-refractivity contribution in [2.24, 2.45) is 0 Å². The van der Waals surface area contributed by atoms with Crippen molar-refractivity contribution in [2.45, 2.75) is 33.2 Å². The Kier molecular flexibility index (Phi) is 5.67. The number of para-hydroxylation sites is 2. The summed E-state index contributed by atoms with van der Waals surface area (Å²) >= 11 is 0. The summed E-state index contributed by atoms with van der Waals surface area (Å²) in [5.74, 6) is 0.178. The highest BCUT2D eigenvalue weighted by Crippen LogP contribution is 2.23. The lowest BCUT2D eigenvalue weighted by Crippen LogP contribution is -2.49. The predicted molar refractivity (Wildman–Crippen MR) is 133 cm³/mol. The van der Waals surface area contributed by atoms with Crippen molar-refractivity contribution < 1.29 is 4.79 Å². The molecular formula is C27H30N4O2. The zero-order chi connectivity index (χ0) is 22.9. The molecule has 6 nitrogen and oxygen atoms in total. The van der Waals surface area contributed by atoms with Crippen LogP contribution in [0.1, 0.15) is 24.0 Å². The normalized spacial score (nSPS) is 14.4. The number of anilines is 1. The molecule has 1 aliphatic rings. The van der Waals surface area contributed by atoms with Gasteiger partial charge in [-0.05, 0) is 61.7 Å². The molecule has 2 aromatic carbocycles. The van der Waals surface area contributed by atoms with Gasteiger partial charge in [-0.25, -0.2) is 0 Å². The Balaban J connectivity index is 1.23. The number of carbonyl (C=O) groups is 1. The minimum atomic E-state index is -0.00622. The highest BCUT2D eigenvalue weighted by Gasteiger charge is 2.22. The molecule has 170 valence electrons. The first-order valence-corrected chi connectivity index (χ1v) is 11.7. The minimum absolute atomic E-state index is 0.00622. The van der Waals surface area contributed by atoms with Crippen molar-refractivity contribution in [1.82, 2.24) is 13.9 Å². The number of nitrogens with zero attached hydrogens (tertiary/aromatic N) is 4. The van der Waals surface area contributed by atoms with Crippen LogP contribution in [0, 0.1) is 13.8 Å². The lowest BCUT2D eigenvalue weighted by atomic mass is 10.1. The van der Waals surface area contributed by atoms with E-state index < -0.39 is 0 Å². The van der Waals surface area contributed by atoms with E-state index in [2.05, 4.69) is 36.9 Å². The van der Waals surface area contributed by atoms with Gasteiger partial charge in [0.05, 0.1) is 11.0 Å². The van der Waals surface area contributed by atoms with Gasteiger partial charge in [-0.1, -0.05) is 24.3 Å². The van der Waals surface area contributed by atoms with E-state index in [1.807, 2.05) is 56.5 Å². The van der Waals surface area contributed by atoms with E-state index in [1.165, 1.54) is 16.8 Å². The van der Waals surface area contributed by atoms with Crippen molar-refractivity contribution in [3.05, 3.63) is 82.3 Å². The molecule has 0 unspecified atom stereocenters. The Morgan fingerprint density at radius 1 is 0.879 bits per heavy atom. The number of fused-ring (bicyclic) bond motifs is 3. The first kappa shape index (κ1) is 21.3. The third-order valence-corrected chi connectivity index (χ3v) is 6.76. The van der Waals surface area contributed by atoms with Crippen LogP contribution < -0.4 is 10.5 Å². The van der Waals surface area contributed by atoms with Crippen LogP contribution in [0.4, 0.5) is 5.69 Å². The maximum Gasteiger partial charge on any atom is 0.275 e. The summed E-state index contributed by atoms with van der Waals surface area (Å²) in [4.78, 5) is 30.3. The van der Waals surface area contributed by atoms with Gasteiger partial charge in [0.25, 0.3) is 5.56 Å². The molecular weight excluding hydrogens is 412 g/mol. The maximum absolute atomic E-state index is 13.0. The number of carbonyl (C=O) groups excluding carboxylic acids is 1. The molecule has 2 aromatic heterocycles. The average molecular weight is 443 g/mol. The van der Waals surface area contributed by atoms with Crippen LogP contribution in [0.25, 0.3) is 16.6 Å². The first-order chi connectivity index (χ1) is 16.0. The van der Waals surface area contributed by atoms with E-state index in [9.17, 15) is 9.59 Å². The first-order valence-electron chi connectivity index (χ1n) is 11.7. The lowest BCUT2D eigenvalue weighted by molar-refractivity contribution is -0.131. The molecule has 0 aliphatic carbocycles. The number of aryl methyl sites for hydroxylation is 3. The van der Waals surface area contributed by atoms with Gasteiger partial charge in [-0.3, -0.25) is 9.59 Å². The van der Waals surface area contributed by atoms with Gasteiger partial charge in [0.2, 0.25) is 5.91 Å². The van der Waals surface area contributed by atoms with E-state index in [1.54, 1.807) is 0 Å². The molecule has 33 heavy (non-hydrogen) atoms. The molecule has 0 N–H and O–H groups in total. The van der Waals surface area contributed by atoms with E-state index in [0.29, 0.717) is 24.9 Å². The van der Waals surface area contributed by atoms with Crippen LogP contribution in [-0.2, 0) is 11.3 Å². The quantitative estimate of drug-likeness (QED) is 0.469. The average Bonchev–Trinajstić information content (AvgIpc) is 3.33. The minimum Gasteiger partial charge on any atom is -0.368 e. The third-order valence-electron chi connectivity index (χ3n) is 6.76. The van der Waals surface area contributed by atoms with Gasteiger partial charge < -0.3 is 18.8 Å². The smallest absolute Gasteiger partial charge is 0.275 e. The fraction of sp³-hybridized carbons (Fsp3) is 0.333. The van der Waals surface area contributed by atoms with Gasteiger partial charge in [-0.2, -0.15) is 0 Å². The Bertz CT molecular complexity index is 1380. The van der Waals surface area contributed by atoms with Crippen molar-refractivity contribution in [1.29, 1.82) is 0 Å². The molecule has 0 saturated carbocycles. The van der Waals surface area contributed by atoms with Crippen molar-refractivity contribution >= 4 is 28.1 Å². The largest absolute Gasteiger partial charge is 0.368 e. The maximum atomic E-state index is 13.0. The van der Waals surface area contributed by atoms with Gasteiger partial charge in [0, 0.05) is 51.0 Å². The number of piperazine rings is 1. The van der Waals surface area contributed by atoms with Crippen molar-refractivity contribution in [2.75, 3.05) is 31.1 Å². The second-order valence-corrected chi connectivity index (χ2v) is 8.97. The molecule has 1 amide bonds. The van der Waals surface area contributed by atoms with Crippen LogP contribution in [0.2, 0.25) is 0 Å². The number of benzene rings is 2. The van der Waals surface area contributed by atoms with Gasteiger partial charge in [0.1, 0.15) is 5.52 Å². The molecule has 0 spiro atoms. The van der Waals surface area contributed by atoms with E-state index in [0.717, 1.165) is 37.2 Å². The Hall–Kier alpha value is -3.54. The van der Waals surface area contributed by atoms with Crippen LogP contribution in [-0.4, -0.2) is 46.0 Å². The molecule has 5 rings (SSSR count). The zero-order valence-corrected chi connectivity index (χ0v) is 19.3. The number of hydrogen-bond acceptors (Lipinski definition) is 3. The third kappa shape index (κ3) is 4.01. The summed E-state index contributed by atoms with van der Waals surface area (Å²) in [6.07, 6.45) is 3.03. The summed E-state index contributed by atoms with van der Waals surface area (Å²) in [6, 6.07) is 18.2. The van der Waals surface area contributed by atoms with Crippen LogP contribution in [0.3, 0.4) is 0 Å². The summed E-state index contributed by atoms with van der Waals surface area (Å²) in [7, 11) is 0. The predicted octanol–water partition coefficient (Wildman–Crippen LogP) is 4.00. The molecule has 1 fully saturated rings.